The third kappa shape index (κ3) is 47.2. The topological polar surface area (TPSA) is 175 Å². The van der Waals surface area contributed by atoms with Crippen LogP contribution in [0, 0.1) is 0 Å². The van der Waals surface area contributed by atoms with Gasteiger partial charge in [0.2, 0.25) is 5.91 Å². The number of unbranched alkanes of at least 4 members (excludes halogenated alkanes) is 38. The Morgan fingerprint density at radius 1 is 0.470 bits per heavy atom. The molecule has 1 heterocycles. The van der Waals surface area contributed by atoms with E-state index in [0.717, 1.165) is 83.5 Å². The Labute approximate surface area is 509 Å². The van der Waals surface area contributed by atoms with Gasteiger partial charge in [-0.1, -0.05) is 306 Å². The molecule has 1 saturated heterocycles. The summed E-state index contributed by atoms with van der Waals surface area (Å²) in [5.74, 6) is -1.19. The minimum atomic E-state index is -1.62. The maximum atomic E-state index is 13.4. The molecule has 8 atom stereocenters. The lowest BCUT2D eigenvalue weighted by molar-refractivity contribution is -0.305. The third-order valence-corrected chi connectivity index (χ3v) is 16.4. The van der Waals surface area contributed by atoms with Crippen LogP contribution in [0.2, 0.25) is 0 Å². The molecule has 11 heteroatoms. The molecule has 1 rings (SSSR count). The summed E-state index contributed by atoms with van der Waals surface area (Å²) in [6.45, 7) is 5.79. The molecule has 0 aromatic carbocycles. The Bertz CT molecular complexity index is 1580. The van der Waals surface area contributed by atoms with Gasteiger partial charge in [-0.05, 0) is 70.6 Å². The zero-order chi connectivity index (χ0) is 60.3. The first-order valence-electron chi connectivity index (χ1n) is 35.1. The Balaban J connectivity index is 2.54. The van der Waals surface area contributed by atoms with E-state index in [2.05, 4.69) is 74.7 Å². The van der Waals surface area contributed by atoms with Crippen molar-refractivity contribution >= 4 is 11.9 Å². The van der Waals surface area contributed by atoms with Crippen molar-refractivity contribution in [2.75, 3.05) is 13.2 Å². The average Bonchev–Trinajstić information content (AvgIpc) is 3.68. The lowest BCUT2D eigenvalue weighted by Gasteiger charge is -2.41. The average molecular weight is 1170 g/mol. The van der Waals surface area contributed by atoms with Crippen LogP contribution in [-0.4, -0.2) is 99.6 Å². The number of aliphatic hydroxyl groups excluding tert-OH is 5. The Morgan fingerprint density at radius 3 is 1.27 bits per heavy atom. The zero-order valence-corrected chi connectivity index (χ0v) is 53.8. The number of aliphatic hydroxyl groups is 5. The van der Waals surface area contributed by atoms with E-state index in [9.17, 15) is 35.1 Å². The number of amides is 1. The van der Waals surface area contributed by atoms with Gasteiger partial charge in [0.1, 0.15) is 24.4 Å². The summed E-state index contributed by atoms with van der Waals surface area (Å²) in [7, 11) is 0. The van der Waals surface area contributed by atoms with Gasteiger partial charge in [0.25, 0.3) is 0 Å². The van der Waals surface area contributed by atoms with E-state index in [1.54, 1.807) is 6.08 Å². The van der Waals surface area contributed by atoms with Crippen LogP contribution >= 0.6 is 0 Å². The van der Waals surface area contributed by atoms with E-state index in [1.165, 1.54) is 193 Å². The molecule has 8 unspecified atom stereocenters. The second-order valence-corrected chi connectivity index (χ2v) is 24.3. The molecule has 0 spiro atoms. The number of carbonyl (C=O) groups is 2. The first kappa shape index (κ1) is 78.4. The quantitative estimate of drug-likeness (QED) is 0.0195. The van der Waals surface area contributed by atoms with Crippen LogP contribution in [0.4, 0.5) is 0 Å². The van der Waals surface area contributed by atoms with Crippen LogP contribution in [0.15, 0.2) is 60.8 Å². The lowest BCUT2D eigenvalue weighted by Crippen LogP contribution is -2.61. The van der Waals surface area contributed by atoms with E-state index >= 15 is 0 Å². The Morgan fingerprint density at radius 2 is 0.831 bits per heavy atom. The minimum absolute atomic E-state index is 0.120. The van der Waals surface area contributed by atoms with E-state index in [-0.39, 0.29) is 13.0 Å². The SMILES string of the molecule is CCCCC/C=C\C/C=C\C/C=C\C/C=C\CCCCCCCCCCCCCC(=O)OC1C(OCC(NC(=O)C(O)CCCCCCCCCCCCCCCCCC)C(O)/C=C/CCCCCCCCCCC)OC(CO)C(O)C1O. The monoisotopic (exact) mass is 1170 g/mol. The lowest BCUT2D eigenvalue weighted by atomic mass is 9.99. The predicted octanol–water partition coefficient (Wildman–Crippen LogP) is 17.7. The normalized spacial score (nSPS) is 18.9. The fourth-order valence-electron chi connectivity index (χ4n) is 10.9. The molecular formula is C72H131NO10. The van der Waals surface area contributed by atoms with Crippen LogP contribution in [0.5, 0.6) is 0 Å². The van der Waals surface area contributed by atoms with Gasteiger partial charge >= 0.3 is 5.97 Å². The molecule has 1 aliphatic heterocycles. The van der Waals surface area contributed by atoms with Gasteiger partial charge in [0.05, 0.1) is 25.4 Å². The number of hydrogen-bond acceptors (Lipinski definition) is 10. The summed E-state index contributed by atoms with van der Waals surface area (Å²) in [5.41, 5.74) is 0. The minimum Gasteiger partial charge on any atom is -0.454 e. The van der Waals surface area contributed by atoms with Gasteiger partial charge in [0.15, 0.2) is 12.4 Å². The standard InChI is InChI=1S/C72H131NO10/c1-4-7-10-13-16-19-22-24-26-28-29-30-31-32-33-34-35-36-37-38-40-42-45-48-51-54-57-60-67(77)83-70-69(79)68(78)66(61-74)82-72(70)81-62-63(64(75)58-55-52-49-46-43-21-18-15-12-9-6-3)73-71(80)65(76)59-56-53-50-47-44-41-39-27-25-23-20-17-14-11-8-5-2/h16,19,24,26,29-30,32-33,55,58,63-66,68-70,72,74-76,78-79H,4-15,17-18,20-23,25,27-28,31,34-54,56-57,59-62H2,1-3H3,(H,73,80)/b19-16-,26-24-,30-29-,33-32-,58-55+. The zero-order valence-electron chi connectivity index (χ0n) is 53.8. The molecule has 0 saturated carbocycles. The summed E-state index contributed by atoms with van der Waals surface area (Å²) in [6, 6.07) is -1.02. The number of allylic oxidation sites excluding steroid dienone is 9. The number of carbonyl (C=O) groups excluding carboxylic acids is 2. The molecule has 6 N–H and O–H groups in total. The van der Waals surface area contributed by atoms with Gasteiger partial charge < -0.3 is 45.1 Å². The number of nitrogens with one attached hydrogen (secondary N) is 1. The summed E-state index contributed by atoms with van der Waals surface area (Å²) in [4.78, 5) is 26.6. The largest absolute Gasteiger partial charge is 0.454 e. The Kier molecular flexibility index (Phi) is 56.4. The predicted molar refractivity (Wildman–Crippen MR) is 347 cm³/mol. The van der Waals surface area contributed by atoms with Crippen LogP contribution in [-0.2, 0) is 23.8 Å². The highest BCUT2D eigenvalue weighted by Crippen LogP contribution is 2.26. The van der Waals surface area contributed by atoms with Crippen LogP contribution in [0.3, 0.4) is 0 Å². The van der Waals surface area contributed by atoms with Gasteiger partial charge in [0, 0.05) is 6.42 Å². The summed E-state index contributed by atoms with van der Waals surface area (Å²) < 4.78 is 17.7. The number of rotatable bonds is 60. The van der Waals surface area contributed by atoms with Gasteiger partial charge in [-0.25, -0.2) is 0 Å². The van der Waals surface area contributed by atoms with Crippen molar-refractivity contribution in [2.24, 2.45) is 0 Å². The number of hydrogen-bond donors (Lipinski definition) is 6. The number of esters is 1. The van der Waals surface area contributed by atoms with E-state index in [1.807, 2.05) is 6.08 Å². The van der Waals surface area contributed by atoms with Crippen LogP contribution in [0.1, 0.15) is 323 Å². The number of ether oxygens (including phenoxy) is 3. The van der Waals surface area contributed by atoms with E-state index in [0.29, 0.717) is 19.3 Å². The highest BCUT2D eigenvalue weighted by molar-refractivity contribution is 5.80. The van der Waals surface area contributed by atoms with Crippen molar-refractivity contribution in [3.05, 3.63) is 60.8 Å². The molecule has 484 valence electrons. The highest BCUT2D eigenvalue weighted by Gasteiger charge is 2.47. The molecule has 1 fully saturated rings. The van der Waals surface area contributed by atoms with Crippen molar-refractivity contribution in [1.29, 1.82) is 0 Å². The molecule has 1 amide bonds. The molecule has 83 heavy (non-hydrogen) atoms. The summed E-state index contributed by atoms with van der Waals surface area (Å²) >= 11 is 0. The van der Waals surface area contributed by atoms with Gasteiger partial charge in [-0.2, -0.15) is 0 Å². The maximum Gasteiger partial charge on any atom is 0.306 e. The van der Waals surface area contributed by atoms with Crippen molar-refractivity contribution in [3.63, 3.8) is 0 Å². The fourth-order valence-corrected chi connectivity index (χ4v) is 10.9. The smallest absolute Gasteiger partial charge is 0.306 e. The molecule has 0 radical (unpaired) electrons. The van der Waals surface area contributed by atoms with Crippen molar-refractivity contribution in [3.8, 4) is 0 Å². The van der Waals surface area contributed by atoms with Crippen molar-refractivity contribution in [2.45, 2.75) is 372 Å². The van der Waals surface area contributed by atoms with Crippen molar-refractivity contribution < 1.29 is 49.3 Å². The maximum absolute atomic E-state index is 13.4. The second-order valence-electron chi connectivity index (χ2n) is 24.3. The third-order valence-electron chi connectivity index (χ3n) is 16.4. The Hall–Kier alpha value is -2.64. The highest BCUT2D eigenvalue weighted by atomic mass is 16.7. The fraction of sp³-hybridized carbons (Fsp3) is 0.833. The molecule has 0 aromatic heterocycles. The molecule has 11 nitrogen and oxygen atoms in total. The first-order valence-corrected chi connectivity index (χ1v) is 35.1. The first-order chi connectivity index (χ1) is 40.7. The van der Waals surface area contributed by atoms with Crippen LogP contribution < -0.4 is 5.32 Å². The van der Waals surface area contributed by atoms with E-state index in [4.69, 9.17) is 14.2 Å². The second kappa shape index (κ2) is 59.7. The molecular weight excluding hydrogens is 1040 g/mol. The van der Waals surface area contributed by atoms with Crippen molar-refractivity contribution in [1.82, 2.24) is 5.32 Å². The van der Waals surface area contributed by atoms with Crippen LogP contribution in [0.25, 0.3) is 0 Å². The van der Waals surface area contributed by atoms with E-state index < -0.39 is 67.4 Å². The van der Waals surface area contributed by atoms with Gasteiger partial charge in [-0.15, -0.1) is 0 Å². The molecule has 0 bridgehead atoms. The van der Waals surface area contributed by atoms with Gasteiger partial charge in [-0.3, -0.25) is 9.59 Å². The molecule has 0 aromatic rings. The summed E-state index contributed by atoms with van der Waals surface area (Å²) in [6.07, 6.45) is 65.5. The summed E-state index contributed by atoms with van der Waals surface area (Å²) in [5, 5.41) is 57.1. The molecule has 0 aliphatic carbocycles. The molecule has 1 aliphatic rings.